The molecule has 116 valence electrons. The number of ether oxygens (including phenoxy) is 2. The summed E-state index contributed by atoms with van der Waals surface area (Å²) in [6.07, 6.45) is 0. The monoisotopic (exact) mass is 298 g/mol. The first-order valence-corrected chi connectivity index (χ1v) is 7.58. The van der Waals surface area contributed by atoms with Crippen LogP contribution < -0.4 is 19.3 Å². The predicted molar refractivity (Wildman–Crippen MR) is 90.4 cm³/mol. The molecule has 4 nitrogen and oxygen atoms in total. The highest BCUT2D eigenvalue weighted by Crippen LogP contribution is 2.25. The highest BCUT2D eigenvalue weighted by atomic mass is 16.5. The first kappa shape index (κ1) is 14.6. The lowest BCUT2D eigenvalue weighted by atomic mass is 10.2. The number of piperazine rings is 1. The van der Waals surface area contributed by atoms with Crippen molar-refractivity contribution in [1.29, 1.82) is 0 Å². The van der Waals surface area contributed by atoms with Crippen LogP contribution >= 0.6 is 0 Å². The standard InChI is InChI=1S/C18H22N2O2/c1-21-17-7-3-5-15(13-17)19-9-11-20(12-10-19)16-6-4-8-18(14-16)22-2/h3-8,13-14H,9-12H2,1-2H3. The number of hydrogen-bond acceptors (Lipinski definition) is 4. The van der Waals surface area contributed by atoms with E-state index >= 15 is 0 Å². The minimum Gasteiger partial charge on any atom is -0.497 e. The predicted octanol–water partition coefficient (Wildman–Crippen LogP) is 3.03. The van der Waals surface area contributed by atoms with Crippen LogP contribution in [-0.2, 0) is 0 Å². The summed E-state index contributed by atoms with van der Waals surface area (Å²) in [5.74, 6) is 1.82. The van der Waals surface area contributed by atoms with Crippen molar-refractivity contribution in [3.05, 3.63) is 48.5 Å². The fourth-order valence-corrected chi connectivity index (χ4v) is 2.84. The molecule has 0 unspecified atom stereocenters. The molecular weight excluding hydrogens is 276 g/mol. The molecule has 4 heteroatoms. The van der Waals surface area contributed by atoms with E-state index in [0.29, 0.717) is 0 Å². The zero-order valence-electron chi connectivity index (χ0n) is 13.2. The summed E-state index contributed by atoms with van der Waals surface area (Å²) in [5.41, 5.74) is 2.45. The van der Waals surface area contributed by atoms with Gasteiger partial charge in [0.05, 0.1) is 14.2 Å². The highest BCUT2D eigenvalue weighted by Gasteiger charge is 2.18. The fraction of sp³-hybridized carbons (Fsp3) is 0.333. The number of benzene rings is 2. The molecule has 1 fully saturated rings. The maximum atomic E-state index is 5.31. The summed E-state index contributed by atoms with van der Waals surface area (Å²) in [7, 11) is 3.42. The van der Waals surface area contributed by atoms with E-state index < -0.39 is 0 Å². The Morgan fingerprint density at radius 3 is 1.45 bits per heavy atom. The average Bonchev–Trinajstić information content (AvgIpc) is 2.62. The third-order valence-corrected chi connectivity index (χ3v) is 4.12. The molecular formula is C18H22N2O2. The average molecular weight is 298 g/mol. The van der Waals surface area contributed by atoms with Gasteiger partial charge in [-0.05, 0) is 24.3 Å². The van der Waals surface area contributed by atoms with Crippen LogP contribution in [0.15, 0.2) is 48.5 Å². The largest absolute Gasteiger partial charge is 0.497 e. The Morgan fingerprint density at radius 1 is 0.682 bits per heavy atom. The normalized spacial score (nSPS) is 14.8. The van der Waals surface area contributed by atoms with Gasteiger partial charge >= 0.3 is 0 Å². The molecule has 1 aliphatic heterocycles. The highest BCUT2D eigenvalue weighted by molar-refractivity contribution is 5.55. The molecule has 0 aliphatic carbocycles. The molecule has 0 aromatic heterocycles. The molecule has 1 aliphatic rings. The van der Waals surface area contributed by atoms with Gasteiger partial charge in [0, 0.05) is 49.7 Å². The van der Waals surface area contributed by atoms with Gasteiger partial charge in [0.2, 0.25) is 0 Å². The Balaban J connectivity index is 1.66. The second-order valence-electron chi connectivity index (χ2n) is 5.38. The zero-order valence-corrected chi connectivity index (χ0v) is 13.2. The second kappa shape index (κ2) is 6.60. The van der Waals surface area contributed by atoms with Crippen LogP contribution in [0.2, 0.25) is 0 Å². The van der Waals surface area contributed by atoms with E-state index in [1.54, 1.807) is 14.2 Å². The van der Waals surface area contributed by atoms with Crippen molar-refractivity contribution in [2.75, 3.05) is 50.2 Å². The summed E-state index contributed by atoms with van der Waals surface area (Å²) in [6, 6.07) is 16.5. The summed E-state index contributed by atoms with van der Waals surface area (Å²) in [4.78, 5) is 4.80. The minimum atomic E-state index is 0.910. The molecule has 3 rings (SSSR count). The second-order valence-corrected chi connectivity index (χ2v) is 5.38. The summed E-state index contributed by atoms with van der Waals surface area (Å²) in [5, 5.41) is 0. The third-order valence-electron chi connectivity index (χ3n) is 4.12. The van der Waals surface area contributed by atoms with Crippen molar-refractivity contribution >= 4 is 11.4 Å². The summed E-state index contributed by atoms with van der Waals surface area (Å²) in [6.45, 7) is 4.02. The van der Waals surface area contributed by atoms with Gasteiger partial charge in [0.25, 0.3) is 0 Å². The van der Waals surface area contributed by atoms with Gasteiger partial charge in [-0.2, -0.15) is 0 Å². The molecule has 0 saturated carbocycles. The van der Waals surface area contributed by atoms with Gasteiger partial charge in [-0.25, -0.2) is 0 Å². The Morgan fingerprint density at radius 2 is 1.09 bits per heavy atom. The van der Waals surface area contributed by atoms with Crippen LogP contribution in [-0.4, -0.2) is 40.4 Å². The van der Waals surface area contributed by atoms with Crippen LogP contribution in [0, 0.1) is 0 Å². The summed E-state index contributed by atoms with van der Waals surface area (Å²) >= 11 is 0. The molecule has 2 aromatic rings. The Hall–Kier alpha value is -2.36. The van der Waals surface area contributed by atoms with Crippen LogP contribution in [0.25, 0.3) is 0 Å². The molecule has 0 spiro atoms. The SMILES string of the molecule is COc1cccc(N2CCN(c3cccc(OC)c3)CC2)c1. The number of rotatable bonds is 4. The van der Waals surface area contributed by atoms with Crippen LogP contribution in [0.4, 0.5) is 11.4 Å². The maximum absolute atomic E-state index is 5.31. The molecule has 1 saturated heterocycles. The van der Waals surface area contributed by atoms with E-state index in [4.69, 9.17) is 9.47 Å². The molecule has 1 heterocycles. The molecule has 0 N–H and O–H groups in total. The Kier molecular flexibility index (Phi) is 4.37. The van der Waals surface area contributed by atoms with E-state index in [0.717, 1.165) is 37.7 Å². The van der Waals surface area contributed by atoms with Crippen LogP contribution in [0.1, 0.15) is 0 Å². The quantitative estimate of drug-likeness (QED) is 0.866. The topological polar surface area (TPSA) is 24.9 Å². The van der Waals surface area contributed by atoms with Crippen molar-refractivity contribution < 1.29 is 9.47 Å². The number of methoxy groups -OCH3 is 2. The van der Waals surface area contributed by atoms with Crippen molar-refractivity contribution in [3.8, 4) is 11.5 Å². The van der Waals surface area contributed by atoms with E-state index in [1.807, 2.05) is 24.3 Å². The molecule has 0 bridgehead atoms. The van der Waals surface area contributed by atoms with Crippen LogP contribution in [0.3, 0.4) is 0 Å². The Labute approximate surface area is 131 Å². The molecule has 0 radical (unpaired) electrons. The van der Waals surface area contributed by atoms with Crippen LogP contribution in [0.5, 0.6) is 11.5 Å². The smallest absolute Gasteiger partial charge is 0.120 e. The van der Waals surface area contributed by atoms with Gasteiger partial charge in [-0.15, -0.1) is 0 Å². The van der Waals surface area contributed by atoms with Gasteiger partial charge in [-0.1, -0.05) is 12.1 Å². The molecule has 22 heavy (non-hydrogen) atoms. The fourth-order valence-electron chi connectivity index (χ4n) is 2.84. The lowest BCUT2D eigenvalue weighted by Crippen LogP contribution is -2.46. The van der Waals surface area contributed by atoms with Gasteiger partial charge in [0.15, 0.2) is 0 Å². The molecule has 2 aromatic carbocycles. The Bertz CT molecular complexity index is 566. The van der Waals surface area contributed by atoms with E-state index in [9.17, 15) is 0 Å². The first-order valence-electron chi connectivity index (χ1n) is 7.58. The van der Waals surface area contributed by atoms with Crippen molar-refractivity contribution in [2.45, 2.75) is 0 Å². The summed E-state index contributed by atoms with van der Waals surface area (Å²) < 4.78 is 10.6. The third kappa shape index (κ3) is 3.11. The lowest BCUT2D eigenvalue weighted by molar-refractivity contribution is 0.414. The van der Waals surface area contributed by atoms with Crippen molar-refractivity contribution in [1.82, 2.24) is 0 Å². The number of hydrogen-bond donors (Lipinski definition) is 0. The number of nitrogens with zero attached hydrogens (tertiary/aromatic N) is 2. The number of anilines is 2. The molecule has 0 amide bonds. The first-order chi connectivity index (χ1) is 10.8. The zero-order chi connectivity index (χ0) is 15.4. The van der Waals surface area contributed by atoms with E-state index in [1.165, 1.54) is 11.4 Å². The van der Waals surface area contributed by atoms with E-state index in [-0.39, 0.29) is 0 Å². The maximum Gasteiger partial charge on any atom is 0.120 e. The van der Waals surface area contributed by atoms with Gasteiger partial charge < -0.3 is 19.3 Å². The van der Waals surface area contributed by atoms with Gasteiger partial charge in [-0.3, -0.25) is 0 Å². The lowest BCUT2D eigenvalue weighted by Gasteiger charge is -2.37. The minimum absolute atomic E-state index is 0.910. The van der Waals surface area contributed by atoms with Gasteiger partial charge in [0.1, 0.15) is 11.5 Å². The van der Waals surface area contributed by atoms with E-state index in [2.05, 4.69) is 34.1 Å². The van der Waals surface area contributed by atoms with Crippen molar-refractivity contribution in [3.63, 3.8) is 0 Å². The van der Waals surface area contributed by atoms with Crippen molar-refractivity contribution in [2.24, 2.45) is 0 Å². The molecule has 0 atom stereocenters.